The fraction of sp³-hybridized carbons (Fsp3) is 0.250. The number of nitrogens with two attached hydrogens (primary N) is 1. The number of rotatable bonds is 10. The predicted octanol–water partition coefficient (Wildman–Crippen LogP) is 3.50. The summed E-state index contributed by atoms with van der Waals surface area (Å²) in [6, 6.07) is 23.1. The van der Waals surface area contributed by atoms with Crippen LogP contribution in [0.3, 0.4) is 0 Å². The maximum Gasteiger partial charge on any atom is 0.126 e. The molecule has 0 spiro atoms. The second-order valence-electron chi connectivity index (χ2n) is 7.26. The summed E-state index contributed by atoms with van der Waals surface area (Å²) >= 11 is 1.68. The number of ether oxygens (including phenoxy) is 1. The van der Waals surface area contributed by atoms with Crippen molar-refractivity contribution in [2.24, 2.45) is 0 Å². The van der Waals surface area contributed by atoms with Crippen molar-refractivity contribution in [2.75, 3.05) is 19.7 Å². The summed E-state index contributed by atoms with van der Waals surface area (Å²) < 4.78 is 5.65. The highest BCUT2D eigenvalue weighted by Gasteiger charge is 2.20. The van der Waals surface area contributed by atoms with Crippen LogP contribution in [0.25, 0.3) is 10.9 Å². The summed E-state index contributed by atoms with van der Waals surface area (Å²) in [4.78, 5) is 4.58. The molecule has 4 rings (SSSR count). The molecule has 2 aromatic carbocycles. The lowest BCUT2D eigenvalue weighted by molar-refractivity contribution is -0.662. The number of fused-ring (bicyclic) bond motifs is 1. The van der Waals surface area contributed by atoms with E-state index >= 15 is 0 Å². The highest BCUT2D eigenvalue weighted by molar-refractivity contribution is 7.09. The zero-order valence-electron chi connectivity index (χ0n) is 16.3. The van der Waals surface area contributed by atoms with Crippen molar-refractivity contribution in [3.8, 4) is 0 Å². The first-order chi connectivity index (χ1) is 14.3. The molecular weight excluding hydrogens is 380 g/mol. The molecule has 0 saturated carbocycles. The number of thiophene rings is 1. The van der Waals surface area contributed by atoms with Crippen LogP contribution in [0.15, 0.2) is 78.3 Å². The molecule has 29 heavy (non-hydrogen) atoms. The first-order valence-electron chi connectivity index (χ1n) is 10.0. The summed E-state index contributed by atoms with van der Waals surface area (Å²) in [5.41, 5.74) is 3.74. The highest BCUT2D eigenvalue weighted by Crippen LogP contribution is 2.29. The first-order valence-corrected chi connectivity index (χ1v) is 10.9. The van der Waals surface area contributed by atoms with Crippen LogP contribution in [0.2, 0.25) is 0 Å². The van der Waals surface area contributed by atoms with Gasteiger partial charge in [0.1, 0.15) is 12.6 Å². The monoisotopic (exact) mass is 407 g/mol. The molecule has 0 aliphatic rings. The van der Waals surface area contributed by atoms with Gasteiger partial charge in [0.05, 0.1) is 25.7 Å². The van der Waals surface area contributed by atoms with E-state index in [0.29, 0.717) is 19.8 Å². The third kappa shape index (κ3) is 5.14. The summed E-state index contributed by atoms with van der Waals surface area (Å²) in [5.74, 6) is 0.256. The van der Waals surface area contributed by atoms with Gasteiger partial charge in [-0.2, -0.15) is 0 Å². The largest absolute Gasteiger partial charge is 0.385 e. The number of para-hydroxylation sites is 1. The molecule has 5 heteroatoms. The lowest BCUT2D eigenvalue weighted by Gasteiger charge is -2.17. The summed E-state index contributed by atoms with van der Waals surface area (Å²) in [7, 11) is 0. The normalized spacial score (nSPS) is 13.6. The Balaban J connectivity index is 1.37. The van der Waals surface area contributed by atoms with Crippen LogP contribution >= 0.6 is 11.3 Å². The number of hydrogen-bond donors (Lipinski definition) is 3. The van der Waals surface area contributed by atoms with Gasteiger partial charge in [0, 0.05) is 22.0 Å². The maximum atomic E-state index is 10.3. The maximum absolute atomic E-state index is 10.3. The zero-order chi connectivity index (χ0) is 19.9. The Bertz CT molecular complexity index is 998. The molecule has 0 radical (unpaired) electrons. The number of aliphatic hydroxyl groups is 1. The average Bonchev–Trinajstić information content (AvgIpc) is 3.42. The van der Waals surface area contributed by atoms with Gasteiger partial charge in [-0.1, -0.05) is 54.6 Å². The summed E-state index contributed by atoms with van der Waals surface area (Å²) in [6.07, 6.45) is 1.64. The SMILES string of the molecule is O[C@H](C[NH2+]C[C@@H](c1ccccc1)c1c[nH]c2ccccc12)COCc1cccs1. The van der Waals surface area contributed by atoms with Crippen LogP contribution in [0.5, 0.6) is 0 Å². The van der Waals surface area contributed by atoms with E-state index in [0.717, 1.165) is 12.1 Å². The number of H-pyrrole nitrogens is 1. The fourth-order valence-corrected chi connectivity index (χ4v) is 4.36. The lowest BCUT2D eigenvalue weighted by Crippen LogP contribution is -2.87. The highest BCUT2D eigenvalue weighted by atomic mass is 32.1. The predicted molar refractivity (Wildman–Crippen MR) is 118 cm³/mol. The Morgan fingerprint density at radius 2 is 1.79 bits per heavy atom. The van der Waals surface area contributed by atoms with Crippen LogP contribution < -0.4 is 5.32 Å². The number of nitrogens with one attached hydrogen (secondary N) is 1. The third-order valence-corrected chi connectivity index (χ3v) is 6.02. The molecule has 4 aromatic rings. The first kappa shape index (κ1) is 19.9. The van der Waals surface area contributed by atoms with Gasteiger partial charge >= 0.3 is 0 Å². The summed E-state index contributed by atoms with van der Waals surface area (Å²) in [5, 5.41) is 15.8. The summed E-state index contributed by atoms with van der Waals surface area (Å²) in [6.45, 7) is 2.41. The molecule has 4 N–H and O–H groups in total. The van der Waals surface area contributed by atoms with E-state index in [2.05, 4.69) is 71.1 Å². The van der Waals surface area contributed by atoms with Gasteiger partial charge in [0.25, 0.3) is 0 Å². The third-order valence-electron chi connectivity index (χ3n) is 5.17. The number of benzene rings is 2. The van der Waals surface area contributed by atoms with Gasteiger partial charge in [0.2, 0.25) is 0 Å². The molecule has 0 fully saturated rings. The number of aliphatic hydroxyl groups excluding tert-OH is 1. The van der Waals surface area contributed by atoms with Gasteiger partial charge in [0.15, 0.2) is 0 Å². The van der Waals surface area contributed by atoms with Crippen LogP contribution in [0, 0.1) is 0 Å². The lowest BCUT2D eigenvalue weighted by atomic mass is 9.91. The minimum atomic E-state index is -0.477. The van der Waals surface area contributed by atoms with Crippen LogP contribution in [-0.4, -0.2) is 35.9 Å². The van der Waals surface area contributed by atoms with Crippen molar-refractivity contribution in [1.29, 1.82) is 0 Å². The Morgan fingerprint density at radius 3 is 2.62 bits per heavy atom. The molecule has 0 unspecified atom stereocenters. The second-order valence-corrected chi connectivity index (χ2v) is 8.29. The van der Waals surface area contributed by atoms with E-state index in [9.17, 15) is 5.11 Å². The Kier molecular flexibility index (Phi) is 6.75. The average molecular weight is 408 g/mol. The van der Waals surface area contributed by atoms with Crippen molar-refractivity contribution in [2.45, 2.75) is 18.6 Å². The van der Waals surface area contributed by atoms with E-state index in [1.807, 2.05) is 17.5 Å². The van der Waals surface area contributed by atoms with Crippen molar-refractivity contribution in [3.05, 3.63) is 94.3 Å². The molecule has 2 aromatic heterocycles. The minimum Gasteiger partial charge on any atom is -0.385 e. The number of aromatic amines is 1. The fourth-order valence-electron chi connectivity index (χ4n) is 3.72. The quantitative estimate of drug-likeness (QED) is 0.377. The van der Waals surface area contributed by atoms with Crippen LogP contribution in [0.4, 0.5) is 0 Å². The van der Waals surface area contributed by atoms with Gasteiger partial charge in [-0.3, -0.25) is 0 Å². The minimum absolute atomic E-state index is 0.256. The van der Waals surface area contributed by atoms with Gasteiger partial charge in [-0.25, -0.2) is 0 Å². The van der Waals surface area contributed by atoms with Crippen molar-refractivity contribution < 1.29 is 15.2 Å². The molecule has 2 atom stereocenters. The van der Waals surface area contributed by atoms with E-state index < -0.39 is 6.10 Å². The number of hydrogen-bond acceptors (Lipinski definition) is 3. The Hall–Kier alpha value is -2.44. The topological polar surface area (TPSA) is 61.9 Å². The molecule has 2 heterocycles. The Morgan fingerprint density at radius 1 is 0.966 bits per heavy atom. The van der Waals surface area contributed by atoms with E-state index in [-0.39, 0.29) is 5.92 Å². The smallest absolute Gasteiger partial charge is 0.126 e. The van der Waals surface area contributed by atoms with Crippen molar-refractivity contribution in [3.63, 3.8) is 0 Å². The number of quaternary nitrogens is 1. The van der Waals surface area contributed by atoms with Gasteiger partial charge in [-0.15, -0.1) is 11.3 Å². The molecule has 150 valence electrons. The van der Waals surface area contributed by atoms with E-state index in [1.54, 1.807) is 11.3 Å². The second kappa shape index (κ2) is 9.85. The van der Waals surface area contributed by atoms with E-state index in [4.69, 9.17) is 4.74 Å². The van der Waals surface area contributed by atoms with Gasteiger partial charge < -0.3 is 20.1 Å². The van der Waals surface area contributed by atoms with Crippen molar-refractivity contribution in [1.82, 2.24) is 4.98 Å². The van der Waals surface area contributed by atoms with Crippen molar-refractivity contribution >= 4 is 22.2 Å². The molecule has 0 aliphatic carbocycles. The Labute approximate surface area is 175 Å². The molecule has 0 amide bonds. The molecule has 0 aliphatic heterocycles. The van der Waals surface area contributed by atoms with Crippen LogP contribution in [0.1, 0.15) is 21.9 Å². The standard InChI is InChI=1S/C24H26N2O2S/c27-19(16-28-17-20-9-6-12-29-20)13-25-14-22(18-7-2-1-3-8-18)23-15-26-24-11-5-4-10-21(23)24/h1-12,15,19,22,25-27H,13-14,16-17H2/p+1/t19-,22+/m1/s1. The van der Waals surface area contributed by atoms with Gasteiger partial charge in [-0.05, 0) is 28.6 Å². The van der Waals surface area contributed by atoms with E-state index in [1.165, 1.54) is 21.4 Å². The zero-order valence-corrected chi connectivity index (χ0v) is 17.1. The molecule has 0 bridgehead atoms. The van der Waals surface area contributed by atoms with Crippen LogP contribution in [-0.2, 0) is 11.3 Å². The molecule has 4 nitrogen and oxygen atoms in total. The molecule has 0 saturated heterocycles. The number of aromatic nitrogens is 1. The molecular formula is C24H27N2O2S+.